The number of aliphatic hydroxyl groups is 1. The van der Waals surface area contributed by atoms with Crippen molar-refractivity contribution in [1.82, 2.24) is 39.4 Å². The van der Waals surface area contributed by atoms with Crippen LogP contribution >= 0.6 is 0 Å². The fraction of sp³-hybridized carbons (Fsp3) is 0.460. The Bertz CT molecular complexity index is 2790. The first-order chi connectivity index (χ1) is 32.0. The zero-order valence-electron chi connectivity index (χ0n) is 37.5. The van der Waals surface area contributed by atoms with Gasteiger partial charge in [0.15, 0.2) is 11.5 Å². The van der Waals surface area contributed by atoms with E-state index in [9.17, 15) is 24.3 Å². The summed E-state index contributed by atoms with van der Waals surface area (Å²) in [5.41, 5.74) is 4.88. The monoisotopic (exact) mass is 891 g/mol. The number of imide groups is 1. The Labute approximate surface area is 383 Å². The van der Waals surface area contributed by atoms with Gasteiger partial charge >= 0.3 is 0 Å². The first kappa shape index (κ1) is 42.3. The molecule has 1 spiro atoms. The van der Waals surface area contributed by atoms with Gasteiger partial charge in [0.25, 0.3) is 11.5 Å². The number of piperidine rings is 2. The second-order valence-electron chi connectivity index (χ2n) is 19.4. The number of amides is 3. The van der Waals surface area contributed by atoms with E-state index in [1.165, 1.54) is 44.2 Å². The molecule has 16 heteroatoms. The van der Waals surface area contributed by atoms with E-state index in [-0.39, 0.29) is 29.7 Å². The molecule has 3 saturated heterocycles. The van der Waals surface area contributed by atoms with E-state index in [0.29, 0.717) is 77.9 Å². The Kier molecular flexibility index (Phi) is 10.8. The second-order valence-corrected chi connectivity index (χ2v) is 19.4. The molecular formula is C50H57N11O5. The fourth-order valence-electron chi connectivity index (χ4n) is 11.4. The zero-order chi connectivity index (χ0) is 45.2. The molecule has 11 rings (SSSR count). The molecule has 2 aromatic carbocycles. The summed E-state index contributed by atoms with van der Waals surface area (Å²) in [6, 6.07) is 20.1. The number of rotatable bonds is 6. The van der Waals surface area contributed by atoms with Crippen LogP contribution in [0.1, 0.15) is 92.7 Å². The molecule has 3 amide bonds. The number of nitrogens with zero attached hydrogens (tertiary/aromatic N) is 9. The number of anilines is 4. The van der Waals surface area contributed by atoms with Gasteiger partial charge in [-0.3, -0.25) is 29.4 Å². The Hall–Kier alpha value is -6.39. The van der Waals surface area contributed by atoms with Crippen LogP contribution < -0.4 is 26.0 Å². The number of pyridine rings is 1. The van der Waals surface area contributed by atoms with Crippen molar-refractivity contribution in [3.8, 4) is 5.82 Å². The van der Waals surface area contributed by atoms with Crippen LogP contribution in [-0.4, -0.2) is 108 Å². The molecule has 342 valence electrons. The summed E-state index contributed by atoms with van der Waals surface area (Å²) >= 11 is 0. The van der Waals surface area contributed by atoms with Gasteiger partial charge in [0, 0.05) is 87.1 Å². The van der Waals surface area contributed by atoms with Crippen LogP contribution in [0.3, 0.4) is 0 Å². The van der Waals surface area contributed by atoms with Crippen LogP contribution in [0.2, 0.25) is 0 Å². The normalized spacial score (nSPS) is 24.2. The second kappa shape index (κ2) is 16.8. The highest BCUT2D eigenvalue weighted by Crippen LogP contribution is 2.47. The van der Waals surface area contributed by atoms with Gasteiger partial charge in [-0.25, -0.2) is 19.3 Å². The van der Waals surface area contributed by atoms with Crippen LogP contribution in [0.15, 0.2) is 83.8 Å². The summed E-state index contributed by atoms with van der Waals surface area (Å²) in [6.45, 7) is 8.60. The summed E-state index contributed by atoms with van der Waals surface area (Å²) in [5.74, 6) is 0.110. The van der Waals surface area contributed by atoms with Crippen LogP contribution in [0.4, 0.5) is 23.0 Å². The van der Waals surface area contributed by atoms with Gasteiger partial charge in [-0.05, 0) is 130 Å². The minimum absolute atomic E-state index is 0.123. The number of fused-ring (bicyclic) bond motifs is 7. The lowest BCUT2D eigenvalue weighted by molar-refractivity contribution is -0.136. The SMILES string of the molecule is C[C@@]1(O)CC/C=C\Cn2c(=O)c3cnc(Nc4ccc(N5CCN(C6CCC7(CC6)CCN(c6ccc8c(c6)CN(C6CCC(=O)NC6=O)C8=O)CC7)CC5)cc4)nc3n2-c2cccc1n2. The third-order valence-corrected chi connectivity index (χ3v) is 15.5. The molecule has 6 aliphatic rings. The number of benzene rings is 2. The lowest BCUT2D eigenvalue weighted by Gasteiger charge is -2.49. The van der Waals surface area contributed by atoms with Crippen molar-refractivity contribution in [2.75, 3.05) is 54.4 Å². The molecule has 66 heavy (non-hydrogen) atoms. The number of allylic oxidation sites excluding steroid dienone is 2. The summed E-state index contributed by atoms with van der Waals surface area (Å²) in [4.78, 5) is 74.5. The van der Waals surface area contributed by atoms with Gasteiger partial charge in [0.1, 0.15) is 17.0 Å². The van der Waals surface area contributed by atoms with Crippen molar-refractivity contribution in [2.45, 2.75) is 102 Å². The van der Waals surface area contributed by atoms with E-state index in [1.807, 2.05) is 36.4 Å². The van der Waals surface area contributed by atoms with E-state index >= 15 is 0 Å². The topological polar surface area (TPSA) is 174 Å². The molecule has 16 nitrogen and oxygen atoms in total. The van der Waals surface area contributed by atoms with Gasteiger partial charge in [-0.15, -0.1) is 0 Å². The molecule has 1 saturated carbocycles. The number of aromatic nitrogens is 5. The summed E-state index contributed by atoms with van der Waals surface area (Å²) in [5, 5.41) is 17.3. The smallest absolute Gasteiger partial charge is 0.278 e. The molecule has 5 aliphatic heterocycles. The summed E-state index contributed by atoms with van der Waals surface area (Å²) < 4.78 is 3.34. The predicted molar refractivity (Wildman–Crippen MR) is 251 cm³/mol. The van der Waals surface area contributed by atoms with Gasteiger partial charge in [0.05, 0.1) is 12.2 Å². The third-order valence-electron chi connectivity index (χ3n) is 15.5. The zero-order valence-corrected chi connectivity index (χ0v) is 37.5. The van der Waals surface area contributed by atoms with Crippen molar-refractivity contribution in [3.63, 3.8) is 0 Å². The number of hydrogen-bond donors (Lipinski definition) is 3. The molecule has 0 radical (unpaired) electrons. The molecule has 3 aromatic heterocycles. The van der Waals surface area contributed by atoms with E-state index in [0.717, 1.165) is 56.2 Å². The van der Waals surface area contributed by atoms with E-state index in [4.69, 9.17) is 9.97 Å². The molecule has 1 aliphatic carbocycles. The standard InChI is InChI=1S/C50H57N11O5/c1-49(66)18-3-2-4-23-60-47(65)39-31-51-48(55-44(39)61(60)42-7-5-6-41(49)53-42)52-34-8-10-35(11-9-34)57-26-28-58(29-27-57)36-16-19-50(20-17-36)21-24-56(25-22-50)37-12-13-38-33(30-37)32-59(46(38)64)40-14-15-43(62)54-45(40)63/h2,4-13,30-31,36,40,66H,3,14-29,32H2,1H3,(H,51,52,55)(H,54,62,63)/b4-2-/t40?,49-/m1/s1. The van der Waals surface area contributed by atoms with Gasteiger partial charge in [0.2, 0.25) is 17.8 Å². The number of carbonyl (C=O) groups is 3. The van der Waals surface area contributed by atoms with Crippen LogP contribution in [0.25, 0.3) is 16.9 Å². The first-order valence-corrected chi connectivity index (χ1v) is 23.7. The Morgan fingerprint density at radius 2 is 1.56 bits per heavy atom. The number of piperazine rings is 1. The van der Waals surface area contributed by atoms with Crippen LogP contribution in [0.5, 0.6) is 0 Å². The highest BCUT2D eigenvalue weighted by Gasteiger charge is 2.42. The molecule has 2 atom stereocenters. The molecular weight excluding hydrogens is 835 g/mol. The molecule has 8 heterocycles. The van der Waals surface area contributed by atoms with Crippen LogP contribution in [-0.2, 0) is 28.3 Å². The molecule has 2 bridgehead atoms. The Morgan fingerprint density at radius 3 is 2.33 bits per heavy atom. The van der Waals surface area contributed by atoms with Crippen LogP contribution in [0, 0.1) is 5.41 Å². The quantitative estimate of drug-likeness (QED) is 0.147. The molecule has 1 unspecified atom stereocenters. The number of nitrogens with one attached hydrogen (secondary N) is 2. The summed E-state index contributed by atoms with van der Waals surface area (Å²) in [6.07, 6.45) is 14.7. The number of carbonyl (C=O) groups excluding carboxylic acids is 3. The maximum atomic E-state index is 13.6. The van der Waals surface area contributed by atoms with Crippen molar-refractivity contribution >= 4 is 51.8 Å². The highest BCUT2D eigenvalue weighted by molar-refractivity contribution is 6.05. The van der Waals surface area contributed by atoms with E-state index < -0.39 is 11.6 Å². The third kappa shape index (κ3) is 7.82. The average Bonchev–Trinajstić information content (AvgIpc) is 3.80. The Balaban J connectivity index is 0.675. The van der Waals surface area contributed by atoms with Crippen molar-refractivity contribution < 1.29 is 19.5 Å². The lowest BCUT2D eigenvalue weighted by Crippen LogP contribution is -2.52. The van der Waals surface area contributed by atoms with Crippen molar-refractivity contribution in [2.24, 2.45) is 5.41 Å². The first-order valence-electron chi connectivity index (χ1n) is 23.7. The molecule has 5 aromatic rings. The number of hydrogen-bond acceptors (Lipinski definition) is 12. The fourth-order valence-corrected chi connectivity index (χ4v) is 11.4. The highest BCUT2D eigenvalue weighted by atomic mass is 16.3. The minimum Gasteiger partial charge on any atom is -0.384 e. The maximum absolute atomic E-state index is 13.6. The maximum Gasteiger partial charge on any atom is 0.278 e. The predicted octanol–water partition coefficient (Wildman–Crippen LogP) is 5.39. The molecule has 3 N–H and O–H groups in total. The molecule has 4 fully saturated rings. The van der Waals surface area contributed by atoms with E-state index in [2.05, 4.69) is 66.7 Å². The summed E-state index contributed by atoms with van der Waals surface area (Å²) in [7, 11) is 0. The van der Waals surface area contributed by atoms with Gasteiger partial charge in [-0.2, -0.15) is 4.98 Å². The van der Waals surface area contributed by atoms with E-state index in [1.54, 1.807) is 27.4 Å². The van der Waals surface area contributed by atoms with Crippen molar-refractivity contribution in [3.05, 3.63) is 106 Å². The van der Waals surface area contributed by atoms with Crippen molar-refractivity contribution in [1.29, 1.82) is 0 Å². The van der Waals surface area contributed by atoms with Gasteiger partial charge in [-0.1, -0.05) is 18.2 Å². The lowest BCUT2D eigenvalue weighted by atomic mass is 9.66. The average molecular weight is 892 g/mol. The van der Waals surface area contributed by atoms with Gasteiger partial charge < -0.3 is 25.1 Å². The largest absolute Gasteiger partial charge is 0.384 e. The Morgan fingerprint density at radius 1 is 0.803 bits per heavy atom. The minimum atomic E-state index is -1.12.